The zero-order valence-corrected chi connectivity index (χ0v) is 12.9. The first-order valence-electron chi connectivity index (χ1n) is 6.82. The van der Waals surface area contributed by atoms with Crippen molar-refractivity contribution in [3.63, 3.8) is 0 Å². The van der Waals surface area contributed by atoms with Crippen LogP contribution in [0.2, 0.25) is 0 Å². The highest BCUT2D eigenvalue weighted by Gasteiger charge is 2.09. The summed E-state index contributed by atoms with van der Waals surface area (Å²) in [6.07, 6.45) is 1.28. The van der Waals surface area contributed by atoms with Crippen molar-refractivity contribution in [2.75, 3.05) is 16.8 Å². The number of ketones is 1. The third-order valence-corrected chi connectivity index (χ3v) is 3.63. The van der Waals surface area contributed by atoms with Gasteiger partial charge in [0, 0.05) is 17.7 Å². The molecule has 0 aliphatic rings. The molecule has 8 heteroatoms. The molecular weight excluding hydrogens is 302 g/mol. The number of aromatic amines is 1. The molecule has 0 aliphatic carbocycles. The van der Waals surface area contributed by atoms with Crippen LogP contribution in [0.15, 0.2) is 29.4 Å². The summed E-state index contributed by atoms with van der Waals surface area (Å²) in [6.45, 7) is 1.95. The fourth-order valence-corrected chi connectivity index (χ4v) is 2.43. The van der Waals surface area contributed by atoms with E-state index in [9.17, 15) is 9.59 Å². The molecule has 0 spiro atoms. The topological polar surface area (TPSA) is 114 Å². The van der Waals surface area contributed by atoms with Crippen molar-refractivity contribution < 1.29 is 9.59 Å². The number of carbonyl (C=O) groups is 2. The lowest BCUT2D eigenvalue weighted by molar-refractivity contribution is -0.116. The Morgan fingerprint density at radius 3 is 2.64 bits per heavy atom. The van der Waals surface area contributed by atoms with E-state index in [1.54, 1.807) is 24.3 Å². The first-order chi connectivity index (χ1) is 10.6. The van der Waals surface area contributed by atoms with Crippen LogP contribution in [0.5, 0.6) is 0 Å². The number of aromatic nitrogens is 3. The van der Waals surface area contributed by atoms with E-state index in [4.69, 9.17) is 5.73 Å². The highest BCUT2D eigenvalue weighted by molar-refractivity contribution is 7.99. The van der Waals surface area contributed by atoms with Crippen molar-refractivity contribution in [2.45, 2.75) is 24.9 Å². The normalized spacial score (nSPS) is 10.4. The third kappa shape index (κ3) is 4.59. The Labute approximate surface area is 132 Å². The molecule has 0 bridgehead atoms. The van der Waals surface area contributed by atoms with Crippen LogP contribution in [-0.4, -0.2) is 32.6 Å². The van der Waals surface area contributed by atoms with Crippen molar-refractivity contribution in [3.8, 4) is 0 Å². The minimum Gasteiger partial charge on any atom is -0.368 e. The summed E-state index contributed by atoms with van der Waals surface area (Å²) in [5.74, 6) is 0.375. The maximum absolute atomic E-state index is 12.1. The number of hydrogen-bond acceptors (Lipinski definition) is 6. The average Bonchev–Trinajstić information content (AvgIpc) is 2.91. The number of nitrogen functional groups attached to an aromatic ring is 1. The lowest BCUT2D eigenvalue weighted by Gasteiger charge is -2.05. The largest absolute Gasteiger partial charge is 0.368 e. The maximum atomic E-state index is 12.1. The number of amides is 1. The van der Waals surface area contributed by atoms with Crippen molar-refractivity contribution in [2.24, 2.45) is 0 Å². The Hall–Kier alpha value is -2.35. The Morgan fingerprint density at radius 2 is 2.05 bits per heavy atom. The van der Waals surface area contributed by atoms with Crippen molar-refractivity contribution in [1.82, 2.24) is 15.2 Å². The average molecular weight is 319 g/mol. The van der Waals surface area contributed by atoms with Crippen LogP contribution in [0.1, 0.15) is 30.1 Å². The number of anilines is 2. The lowest BCUT2D eigenvalue weighted by Crippen LogP contribution is -2.10. The molecule has 116 valence electrons. The number of carbonyl (C=O) groups excluding carboxylic acids is 2. The van der Waals surface area contributed by atoms with Gasteiger partial charge < -0.3 is 11.1 Å². The van der Waals surface area contributed by atoms with Crippen LogP contribution >= 0.6 is 11.8 Å². The van der Waals surface area contributed by atoms with Gasteiger partial charge in [-0.25, -0.2) is 5.10 Å². The van der Waals surface area contributed by atoms with Crippen LogP contribution < -0.4 is 11.1 Å². The van der Waals surface area contributed by atoms with Crippen molar-refractivity contribution in [3.05, 3.63) is 29.8 Å². The smallest absolute Gasteiger partial charge is 0.224 e. The number of nitrogens with two attached hydrogens (primary N) is 1. The number of nitrogens with zero attached hydrogens (tertiary/aromatic N) is 2. The molecule has 0 aliphatic heterocycles. The fraction of sp³-hybridized carbons (Fsp3) is 0.286. The van der Waals surface area contributed by atoms with Gasteiger partial charge in [0.25, 0.3) is 0 Å². The number of rotatable bonds is 7. The summed E-state index contributed by atoms with van der Waals surface area (Å²) in [6, 6.07) is 6.82. The molecule has 4 N–H and O–H groups in total. The zero-order valence-electron chi connectivity index (χ0n) is 12.1. The summed E-state index contributed by atoms with van der Waals surface area (Å²) >= 11 is 1.21. The SMILES string of the molecule is CCCC(=O)Nc1ccc(C(=O)CSc2n[nH]c(N)n2)cc1. The molecule has 0 unspecified atom stereocenters. The van der Waals surface area contributed by atoms with E-state index in [0.29, 0.717) is 22.8 Å². The highest BCUT2D eigenvalue weighted by Crippen LogP contribution is 2.17. The fourth-order valence-electron chi connectivity index (χ4n) is 1.73. The molecule has 2 aromatic rings. The first kappa shape index (κ1) is 16.0. The molecule has 0 atom stereocenters. The Bertz CT molecular complexity index is 654. The molecule has 1 heterocycles. The molecule has 1 amide bonds. The standard InChI is InChI=1S/C14H17N5O2S/c1-2-3-12(21)16-10-6-4-9(5-7-10)11(20)8-22-14-17-13(15)18-19-14/h4-7H,2-3,8H2,1H3,(H,16,21)(H3,15,17,18,19). The van der Waals surface area contributed by atoms with E-state index in [0.717, 1.165) is 6.42 Å². The van der Waals surface area contributed by atoms with E-state index in [2.05, 4.69) is 20.5 Å². The van der Waals surface area contributed by atoms with E-state index in [1.165, 1.54) is 11.8 Å². The molecule has 0 saturated carbocycles. The van der Waals surface area contributed by atoms with E-state index in [-0.39, 0.29) is 23.4 Å². The van der Waals surface area contributed by atoms with Crippen LogP contribution in [0.3, 0.4) is 0 Å². The molecule has 2 rings (SSSR count). The monoisotopic (exact) mass is 319 g/mol. The molecule has 0 fully saturated rings. The van der Waals surface area contributed by atoms with Crippen LogP contribution in [0, 0.1) is 0 Å². The zero-order chi connectivity index (χ0) is 15.9. The highest BCUT2D eigenvalue weighted by atomic mass is 32.2. The van der Waals surface area contributed by atoms with Gasteiger partial charge in [-0.05, 0) is 30.7 Å². The van der Waals surface area contributed by atoms with Crippen LogP contribution in [0.25, 0.3) is 0 Å². The van der Waals surface area contributed by atoms with Gasteiger partial charge in [-0.15, -0.1) is 5.10 Å². The number of H-pyrrole nitrogens is 1. The van der Waals surface area contributed by atoms with Crippen LogP contribution in [-0.2, 0) is 4.79 Å². The molecule has 1 aromatic heterocycles. The third-order valence-electron chi connectivity index (χ3n) is 2.78. The second kappa shape index (κ2) is 7.60. The number of thioether (sulfide) groups is 1. The van der Waals surface area contributed by atoms with Gasteiger partial charge in [0.1, 0.15) is 0 Å². The van der Waals surface area contributed by atoms with Gasteiger partial charge in [-0.2, -0.15) is 4.98 Å². The number of Topliss-reactive ketones (excluding diaryl/α,β-unsaturated/α-hetero) is 1. The van der Waals surface area contributed by atoms with Crippen molar-refractivity contribution in [1.29, 1.82) is 0 Å². The molecule has 0 saturated heterocycles. The Balaban J connectivity index is 1.89. The number of hydrogen-bond donors (Lipinski definition) is 3. The molecular formula is C14H17N5O2S. The van der Waals surface area contributed by atoms with E-state index < -0.39 is 0 Å². The van der Waals surface area contributed by atoms with Gasteiger partial charge in [-0.1, -0.05) is 18.7 Å². The quantitative estimate of drug-likeness (QED) is 0.532. The van der Waals surface area contributed by atoms with E-state index >= 15 is 0 Å². The van der Waals surface area contributed by atoms with Gasteiger partial charge in [-0.3, -0.25) is 9.59 Å². The van der Waals surface area contributed by atoms with Gasteiger partial charge in [0.05, 0.1) is 5.75 Å². The van der Waals surface area contributed by atoms with Crippen molar-refractivity contribution >= 4 is 35.1 Å². The molecule has 1 aromatic carbocycles. The first-order valence-corrected chi connectivity index (χ1v) is 7.81. The summed E-state index contributed by atoms with van der Waals surface area (Å²) in [7, 11) is 0. The van der Waals surface area contributed by atoms with Gasteiger partial charge >= 0.3 is 0 Å². The molecule has 0 radical (unpaired) electrons. The summed E-state index contributed by atoms with van der Waals surface area (Å²) < 4.78 is 0. The Kier molecular flexibility index (Phi) is 5.54. The maximum Gasteiger partial charge on any atom is 0.224 e. The minimum atomic E-state index is -0.0418. The predicted octanol–water partition coefficient (Wildman–Crippen LogP) is 2.10. The minimum absolute atomic E-state index is 0.0284. The van der Waals surface area contributed by atoms with Gasteiger partial charge in [0.2, 0.25) is 17.0 Å². The summed E-state index contributed by atoms with van der Waals surface area (Å²) in [5.41, 5.74) is 6.67. The Morgan fingerprint density at radius 1 is 1.32 bits per heavy atom. The summed E-state index contributed by atoms with van der Waals surface area (Å²) in [4.78, 5) is 27.5. The number of benzene rings is 1. The lowest BCUT2D eigenvalue weighted by atomic mass is 10.1. The van der Waals surface area contributed by atoms with Gasteiger partial charge in [0.15, 0.2) is 5.78 Å². The second-order valence-corrected chi connectivity index (χ2v) is 5.53. The predicted molar refractivity (Wildman–Crippen MR) is 85.8 cm³/mol. The van der Waals surface area contributed by atoms with E-state index in [1.807, 2.05) is 6.92 Å². The number of nitrogens with one attached hydrogen (secondary N) is 2. The van der Waals surface area contributed by atoms with Crippen LogP contribution in [0.4, 0.5) is 11.6 Å². The summed E-state index contributed by atoms with van der Waals surface area (Å²) in [5, 5.41) is 9.58. The molecule has 7 nitrogen and oxygen atoms in total. The molecule has 22 heavy (non-hydrogen) atoms. The second-order valence-electron chi connectivity index (χ2n) is 4.59.